The molecule has 2 aromatic rings. The lowest BCUT2D eigenvalue weighted by atomic mass is 10.2. The van der Waals surface area contributed by atoms with Crippen molar-refractivity contribution in [3.63, 3.8) is 0 Å². The lowest BCUT2D eigenvalue weighted by Crippen LogP contribution is -2.21. The molecule has 0 bridgehead atoms. The highest BCUT2D eigenvalue weighted by Crippen LogP contribution is 2.22. The number of furan rings is 1. The fraction of sp³-hybridized carbons (Fsp3) is 0.312. The Morgan fingerprint density at radius 1 is 1.29 bits per heavy atom. The number of carbonyl (C=O) groups is 1. The van der Waals surface area contributed by atoms with Crippen LogP contribution in [0.25, 0.3) is 0 Å². The SMILES string of the molecule is CCN(CC)c1cccc(OCc2cc(C(=O)O)co2)c1. The zero-order valence-corrected chi connectivity index (χ0v) is 12.2. The molecule has 2 rings (SSSR count). The first-order valence-electron chi connectivity index (χ1n) is 6.92. The van der Waals surface area contributed by atoms with E-state index in [-0.39, 0.29) is 12.2 Å². The van der Waals surface area contributed by atoms with Crippen LogP contribution in [0.4, 0.5) is 5.69 Å². The Kier molecular flexibility index (Phi) is 4.87. The zero-order chi connectivity index (χ0) is 15.2. The normalized spacial score (nSPS) is 10.4. The van der Waals surface area contributed by atoms with Gasteiger partial charge in [0.25, 0.3) is 0 Å². The van der Waals surface area contributed by atoms with Gasteiger partial charge in [0.2, 0.25) is 0 Å². The lowest BCUT2D eigenvalue weighted by Gasteiger charge is -2.21. The molecule has 112 valence electrons. The molecule has 1 aromatic heterocycles. The Morgan fingerprint density at radius 3 is 2.67 bits per heavy atom. The van der Waals surface area contributed by atoms with E-state index >= 15 is 0 Å². The van der Waals surface area contributed by atoms with E-state index in [2.05, 4.69) is 18.7 Å². The van der Waals surface area contributed by atoms with Crippen molar-refractivity contribution in [3.8, 4) is 5.75 Å². The standard InChI is InChI=1S/C16H19NO4/c1-3-17(4-2)13-6-5-7-14(9-13)21-11-15-8-12(10-20-15)16(18)19/h5-10H,3-4,11H2,1-2H3,(H,18,19). The van der Waals surface area contributed by atoms with Gasteiger partial charge in [-0.1, -0.05) is 6.07 Å². The summed E-state index contributed by atoms with van der Waals surface area (Å²) in [5, 5.41) is 8.83. The smallest absolute Gasteiger partial charge is 0.338 e. The molecule has 1 heterocycles. The third kappa shape index (κ3) is 3.78. The summed E-state index contributed by atoms with van der Waals surface area (Å²) in [4.78, 5) is 13.0. The van der Waals surface area contributed by atoms with Gasteiger partial charge in [-0.15, -0.1) is 0 Å². The van der Waals surface area contributed by atoms with E-state index in [4.69, 9.17) is 14.3 Å². The summed E-state index contributed by atoms with van der Waals surface area (Å²) >= 11 is 0. The second kappa shape index (κ2) is 6.83. The molecule has 0 spiro atoms. The van der Waals surface area contributed by atoms with Gasteiger partial charge < -0.3 is 19.2 Å². The van der Waals surface area contributed by atoms with Gasteiger partial charge in [0.15, 0.2) is 0 Å². The highest BCUT2D eigenvalue weighted by Gasteiger charge is 2.09. The third-order valence-electron chi connectivity index (χ3n) is 3.23. The van der Waals surface area contributed by atoms with Crippen LogP contribution in [0.2, 0.25) is 0 Å². The molecule has 0 aliphatic rings. The van der Waals surface area contributed by atoms with Crippen molar-refractivity contribution in [3.05, 3.63) is 47.9 Å². The van der Waals surface area contributed by atoms with E-state index in [0.717, 1.165) is 24.5 Å². The van der Waals surface area contributed by atoms with Gasteiger partial charge >= 0.3 is 5.97 Å². The maximum Gasteiger partial charge on any atom is 0.338 e. The van der Waals surface area contributed by atoms with Crippen molar-refractivity contribution >= 4 is 11.7 Å². The molecule has 0 fully saturated rings. The molecule has 0 saturated heterocycles. The number of carboxylic acids is 1. The first-order valence-corrected chi connectivity index (χ1v) is 6.92. The first kappa shape index (κ1) is 15.0. The Balaban J connectivity index is 2.02. The van der Waals surface area contributed by atoms with Gasteiger partial charge in [-0.25, -0.2) is 4.79 Å². The summed E-state index contributed by atoms with van der Waals surface area (Å²) < 4.78 is 10.8. The second-order valence-electron chi connectivity index (χ2n) is 4.57. The maximum absolute atomic E-state index is 10.8. The second-order valence-corrected chi connectivity index (χ2v) is 4.57. The molecular formula is C16H19NO4. The molecule has 5 nitrogen and oxygen atoms in total. The van der Waals surface area contributed by atoms with Crippen molar-refractivity contribution in [2.45, 2.75) is 20.5 Å². The Hall–Kier alpha value is -2.43. The molecule has 21 heavy (non-hydrogen) atoms. The number of anilines is 1. The van der Waals surface area contributed by atoms with Gasteiger partial charge in [-0.2, -0.15) is 0 Å². The third-order valence-corrected chi connectivity index (χ3v) is 3.23. The van der Waals surface area contributed by atoms with Crippen LogP contribution in [0.15, 0.2) is 41.0 Å². The van der Waals surface area contributed by atoms with Gasteiger partial charge in [0.1, 0.15) is 24.4 Å². The van der Waals surface area contributed by atoms with Crippen LogP contribution in [-0.4, -0.2) is 24.2 Å². The van der Waals surface area contributed by atoms with Crippen LogP contribution in [0.1, 0.15) is 30.0 Å². The topological polar surface area (TPSA) is 62.9 Å². The van der Waals surface area contributed by atoms with E-state index in [0.29, 0.717) is 5.76 Å². The first-order chi connectivity index (χ1) is 10.1. The number of benzene rings is 1. The summed E-state index contributed by atoms with van der Waals surface area (Å²) in [6.45, 7) is 6.27. The van der Waals surface area contributed by atoms with Gasteiger partial charge in [0.05, 0.1) is 5.56 Å². The minimum absolute atomic E-state index is 0.130. The van der Waals surface area contributed by atoms with E-state index in [9.17, 15) is 4.79 Å². The Morgan fingerprint density at radius 2 is 2.05 bits per heavy atom. The quantitative estimate of drug-likeness (QED) is 0.846. The minimum atomic E-state index is -1.01. The van der Waals surface area contributed by atoms with Crippen LogP contribution >= 0.6 is 0 Å². The van der Waals surface area contributed by atoms with Crippen molar-refractivity contribution in [1.29, 1.82) is 0 Å². The van der Waals surface area contributed by atoms with E-state index < -0.39 is 5.97 Å². The average molecular weight is 289 g/mol. The number of nitrogens with zero attached hydrogens (tertiary/aromatic N) is 1. The molecule has 0 atom stereocenters. The predicted molar refractivity (Wildman–Crippen MR) is 80.0 cm³/mol. The van der Waals surface area contributed by atoms with Crippen LogP contribution < -0.4 is 9.64 Å². The predicted octanol–water partition coefficient (Wildman–Crippen LogP) is 3.40. The van der Waals surface area contributed by atoms with E-state index in [1.807, 2.05) is 24.3 Å². The molecule has 1 N–H and O–H groups in total. The number of ether oxygens (including phenoxy) is 1. The molecule has 0 radical (unpaired) electrons. The van der Waals surface area contributed by atoms with Crippen LogP contribution in [0.3, 0.4) is 0 Å². The van der Waals surface area contributed by atoms with Crippen LogP contribution in [-0.2, 0) is 6.61 Å². The van der Waals surface area contributed by atoms with Gasteiger partial charge in [-0.05, 0) is 32.0 Å². The van der Waals surface area contributed by atoms with Crippen LogP contribution in [0, 0.1) is 0 Å². The maximum atomic E-state index is 10.8. The molecule has 0 aliphatic carbocycles. The highest BCUT2D eigenvalue weighted by atomic mass is 16.5. The number of hydrogen-bond acceptors (Lipinski definition) is 4. The molecule has 5 heteroatoms. The van der Waals surface area contributed by atoms with Crippen molar-refractivity contribution < 1.29 is 19.1 Å². The Bertz CT molecular complexity index is 602. The monoisotopic (exact) mass is 289 g/mol. The molecule has 0 amide bonds. The average Bonchev–Trinajstić information content (AvgIpc) is 2.96. The molecule has 0 saturated carbocycles. The van der Waals surface area contributed by atoms with Gasteiger partial charge in [-0.3, -0.25) is 0 Å². The van der Waals surface area contributed by atoms with Crippen molar-refractivity contribution in [2.75, 3.05) is 18.0 Å². The molecule has 1 aromatic carbocycles. The van der Waals surface area contributed by atoms with Crippen LogP contribution in [0.5, 0.6) is 5.75 Å². The Labute approximate surface area is 123 Å². The van der Waals surface area contributed by atoms with E-state index in [1.165, 1.54) is 12.3 Å². The van der Waals surface area contributed by atoms with Gasteiger partial charge in [0, 0.05) is 24.8 Å². The molecule has 0 unspecified atom stereocenters. The summed E-state index contributed by atoms with van der Waals surface area (Å²) in [5.41, 5.74) is 1.23. The zero-order valence-electron chi connectivity index (χ0n) is 12.2. The fourth-order valence-electron chi connectivity index (χ4n) is 2.08. The fourth-order valence-corrected chi connectivity index (χ4v) is 2.08. The number of hydrogen-bond donors (Lipinski definition) is 1. The summed E-state index contributed by atoms with van der Waals surface area (Å²) in [5.74, 6) is 0.210. The summed E-state index contributed by atoms with van der Waals surface area (Å²) in [6.07, 6.45) is 1.22. The number of aromatic carboxylic acids is 1. The highest BCUT2D eigenvalue weighted by molar-refractivity contribution is 5.87. The summed E-state index contributed by atoms with van der Waals surface area (Å²) in [6, 6.07) is 9.28. The summed E-state index contributed by atoms with van der Waals surface area (Å²) in [7, 11) is 0. The molecular weight excluding hydrogens is 270 g/mol. The van der Waals surface area contributed by atoms with Crippen molar-refractivity contribution in [2.24, 2.45) is 0 Å². The lowest BCUT2D eigenvalue weighted by molar-refractivity contribution is 0.0696. The van der Waals surface area contributed by atoms with Crippen molar-refractivity contribution in [1.82, 2.24) is 0 Å². The number of carboxylic acid groups (broad SMARTS) is 1. The minimum Gasteiger partial charge on any atom is -0.486 e. The van der Waals surface area contributed by atoms with E-state index in [1.54, 1.807) is 0 Å². The number of rotatable bonds is 7. The molecule has 0 aliphatic heterocycles. The largest absolute Gasteiger partial charge is 0.486 e.